The molecule has 1 amide bonds. The minimum absolute atomic E-state index is 0.0794. The number of hydrogen-bond acceptors (Lipinski definition) is 3. The van der Waals surface area contributed by atoms with Crippen molar-refractivity contribution >= 4 is 11.6 Å². The minimum Gasteiger partial charge on any atom is -0.491 e. The van der Waals surface area contributed by atoms with E-state index in [9.17, 15) is 13.6 Å². The highest BCUT2D eigenvalue weighted by Crippen LogP contribution is 2.21. The van der Waals surface area contributed by atoms with Crippen LogP contribution in [0.15, 0.2) is 42.5 Å². The average molecular weight is 333 g/mol. The van der Waals surface area contributed by atoms with E-state index in [0.29, 0.717) is 18.0 Å². The van der Waals surface area contributed by atoms with Gasteiger partial charge in [0.1, 0.15) is 29.6 Å². The second kappa shape index (κ2) is 7.40. The van der Waals surface area contributed by atoms with Crippen molar-refractivity contribution < 1.29 is 23.0 Å². The number of hydrogen-bond donors (Lipinski definition) is 1. The SMILES string of the molecule is O=C(Nc1cccc(OCC2CCCO2)c1)c1c(F)cccc1F. The molecule has 4 nitrogen and oxygen atoms in total. The fraction of sp³-hybridized carbons (Fsp3) is 0.278. The summed E-state index contributed by atoms with van der Waals surface area (Å²) in [6, 6.07) is 9.95. The maximum Gasteiger partial charge on any atom is 0.261 e. The summed E-state index contributed by atoms with van der Waals surface area (Å²) in [5.41, 5.74) is -0.212. The van der Waals surface area contributed by atoms with Crippen LogP contribution in [0.1, 0.15) is 23.2 Å². The molecule has 1 heterocycles. The first kappa shape index (κ1) is 16.4. The molecule has 0 spiro atoms. The summed E-state index contributed by atoms with van der Waals surface area (Å²) in [5.74, 6) is -2.10. The first-order valence-corrected chi connectivity index (χ1v) is 7.73. The van der Waals surface area contributed by atoms with Gasteiger partial charge in [0.25, 0.3) is 5.91 Å². The summed E-state index contributed by atoms with van der Waals surface area (Å²) in [4.78, 5) is 12.1. The molecule has 1 fully saturated rings. The van der Waals surface area contributed by atoms with Gasteiger partial charge in [0.15, 0.2) is 0 Å². The van der Waals surface area contributed by atoms with Crippen LogP contribution in [0, 0.1) is 11.6 Å². The third kappa shape index (κ3) is 3.89. The molecule has 1 aliphatic heterocycles. The second-order valence-corrected chi connectivity index (χ2v) is 5.52. The zero-order valence-corrected chi connectivity index (χ0v) is 12.9. The Bertz CT molecular complexity index is 710. The molecule has 2 aromatic carbocycles. The van der Waals surface area contributed by atoms with Crippen LogP contribution in [0.4, 0.5) is 14.5 Å². The smallest absolute Gasteiger partial charge is 0.261 e. The molecule has 126 valence electrons. The minimum atomic E-state index is -0.904. The van der Waals surface area contributed by atoms with Crippen molar-refractivity contribution in [1.82, 2.24) is 0 Å². The van der Waals surface area contributed by atoms with Crippen molar-refractivity contribution in [1.29, 1.82) is 0 Å². The van der Waals surface area contributed by atoms with Crippen molar-refractivity contribution in [2.45, 2.75) is 18.9 Å². The molecule has 1 N–H and O–H groups in total. The molecule has 0 saturated carbocycles. The molecular weight excluding hydrogens is 316 g/mol. The van der Waals surface area contributed by atoms with Crippen molar-refractivity contribution in [2.75, 3.05) is 18.5 Å². The van der Waals surface area contributed by atoms with Crippen molar-refractivity contribution in [3.8, 4) is 5.75 Å². The summed E-state index contributed by atoms with van der Waals surface area (Å²) >= 11 is 0. The molecule has 0 radical (unpaired) electrons. The van der Waals surface area contributed by atoms with Gasteiger partial charge in [0, 0.05) is 18.4 Å². The number of nitrogens with one attached hydrogen (secondary N) is 1. The quantitative estimate of drug-likeness (QED) is 0.906. The maximum absolute atomic E-state index is 13.6. The summed E-state index contributed by atoms with van der Waals surface area (Å²) < 4.78 is 38.4. The zero-order valence-electron chi connectivity index (χ0n) is 12.9. The lowest BCUT2D eigenvalue weighted by Crippen LogP contribution is -2.17. The molecule has 2 aromatic rings. The van der Waals surface area contributed by atoms with Crippen molar-refractivity contribution in [2.24, 2.45) is 0 Å². The molecule has 1 aliphatic rings. The van der Waals surface area contributed by atoms with E-state index in [1.54, 1.807) is 24.3 Å². The molecule has 3 rings (SSSR count). The number of carbonyl (C=O) groups excluding carboxylic acids is 1. The van der Waals surface area contributed by atoms with Crippen molar-refractivity contribution in [3.63, 3.8) is 0 Å². The first-order chi connectivity index (χ1) is 11.6. The van der Waals surface area contributed by atoms with Gasteiger partial charge in [-0.1, -0.05) is 12.1 Å². The van der Waals surface area contributed by atoms with Gasteiger partial charge in [-0.25, -0.2) is 8.78 Å². The Labute approximate surface area is 138 Å². The predicted molar refractivity (Wildman–Crippen MR) is 85.2 cm³/mol. The molecule has 6 heteroatoms. The van der Waals surface area contributed by atoms with Gasteiger partial charge in [-0.15, -0.1) is 0 Å². The largest absolute Gasteiger partial charge is 0.491 e. The highest BCUT2D eigenvalue weighted by Gasteiger charge is 2.18. The van der Waals surface area contributed by atoms with Crippen LogP contribution in [-0.4, -0.2) is 25.2 Å². The second-order valence-electron chi connectivity index (χ2n) is 5.52. The lowest BCUT2D eigenvalue weighted by molar-refractivity contribution is 0.0680. The van der Waals surface area contributed by atoms with E-state index in [1.807, 2.05) is 0 Å². The van der Waals surface area contributed by atoms with Gasteiger partial charge in [-0.3, -0.25) is 4.79 Å². The zero-order chi connectivity index (χ0) is 16.9. The van der Waals surface area contributed by atoms with Gasteiger partial charge in [-0.2, -0.15) is 0 Å². The van der Waals surface area contributed by atoms with Crippen LogP contribution in [0.3, 0.4) is 0 Å². The summed E-state index contributed by atoms with van der Waals surface area (Å²) in [7, 11) is 0. The van der Waals surface area contributed by atoms with Crippen molar-refractivity contribution in [3.05, 3.63) is 59.7 Å². The third-order valence-electron chi connectivity index (χ3n) is 3.74. The standard InChI is InChI=1S/C18H17F2NO3/c19-15-7-2-8-16(20)17(15)18(22)21-12-4-1-5-13(10-12)24-11-14-6-3-9-23-14/h1-2,4-5,7-8,10,14H,3,6,9,11H2,(H,21,22). The van der Waals surface area contributed by atoms with Gasteiger partial charge in [0.05, 0.1) is 6.10 Å². The van der Waals surface area contributed by atoms with Crippen LogP contribution >= 0.6 is 0 Å². The van der Waals surface area contributed by atoms with Crippen LogP contribution in [0.25, 0.3) is 0 Å². The molecule has 0 aliphatic carbocycles. The molecule has 1 saturated heterocycles. The first-order valence-electron chi connectivity index (χ1n) is 7.73. The number of halogens is 2. The Morgan fingerprint density at radius 2 is 1.96 bits per heavy atom. The Balaban J connectivity index is 1.66. The van der Waals surface area contributed by atoms with Gasteiger partial charge < -0.3 is 14.8 Å². The Morgan fingerprint density at radius 3 is 2.67 bits per heavy atom. The number of amides is 1. The lowest BCUT2D eigenvalue weighted by Gasteiger charge is -2.13. The van der Waals surface area contributed by atoms with E-state index in [0.717, 1.165) is 31.6 Å². The fourth-order valence-electron chi connectivity index (χ4n) is 2.54. The van der Waals surface area contributed by atoms with Crippen LogP contribution in [-0.2, 0) is 4.74 Å². The Hall–Kier alpha value is -2.47. The highest BCUT2D eigenvalue weighted by atomic mass is 19.1. The summed E-state index contributed by atoms with van der Waals surface area (Å²) in [6.45, 7) is 1.18. The Kier molecular flexibility index (Phi) is 5.05. The van der Waals surface area contributed by atoms with Gasteiger partial charge in [0.2, 0.25) is 0 Å². The number of ether oxygens (including phenoxy) is 2. The van der Waals surface area contributed by atoms with Gasteiger partial charge in [-0.05, 0) is 37.1 Å². The van der Waals surface area contributed by atoms with E-state index in [1.165, 1.54) is 6.07 Å². The normalized spacial score (nSPS) is 16.8. The van der Waals surface area contributed by atoms with Gasteiger partial charge >= 0.3 is 0 Å². The maximum atomic E-state index is 13.6. The highest BCUT2D eigenvalue weighted by molar-refractivity contribution is 6.04. The summed E-state index contributed by atoms with van der Waals surface area (Å²) in [5, 5.41) is 2.48. The Morgan fingerprint density at radius 1 is 1.21 bits per heavy atom. The summed E-state index contributed by atoms with van der Waals surface area (Å²) in [6.07, 6.45) is 2.07. The van der Waals surface area contributed by atoms with Crippen LogP contribution < -0.4 is 10.1 Å². The molecule has 24 heavy (non-hydrogen) atoms. The average Bonchev–Trinajstić information content (AvgIpc) is 3.06. The number of rotatable bonds is 5. The predicted octanol–water partition coefficient (Wildman–Crippen LogP) is 3.77. The van der Waals surface area contributed by atoms with E-state index < -0.39 is 23.1 Å². The lowest BCUT2D eigenvalue weighted by atomic mass is 10.1. The number of carbonyl (C=O) groups is 1. The third-order valence-corrected chi connectivity index (χ3v) is 3.74. The van der Waals surface area contributed by atoms with E-state index in [4.69, 9.17) is 9.47 Å². The topological polar surface area (TPSA) is 47.6 Å². The van der Waals surface area contributed by atoms with E-state index in [-0.39, 0.29) is 6.10 Å². The monoisotopic (exact) mass is 333 g/mol. The van der Waals surface area contributed by atoms with E-state index >= 15 is 0 Å². The van der Waals surface area contributed by atoms with Crippen LogP contribution in [0.5, 0.6) is 5.75 Å². The fourth-order valence-corrected chi connectivity index (χ4v) is 2.54. The number of anilines is 1. The molecule has 1 unspecified atom stereocenters. The molecular formula is C18H17F2NO3. The number of benzene rings is 2. The molecule has 0 aromatic heterocycles. The van der Waals surface area contributed by atoms with Crippen LogP contribution in [0.2, 0.25) is 0 Å². The van der Waals surface area contributed by atoms with E-state index in [2.05, 4.69) is 5.32 Å². The molecule has 0 bridgehead atoms. The molecule has 1 atom stereocenters.